The molecule has 2 rings (SSSR count). The lowest BCUT2D eigenvalue weighted by molar-refractivity contribution is 0.0513. The summed E-state index contributed by atoms with van der Waals surface area (Å²) in [6.45, 7) is 1.70. The zero-order chi connectivity index (χ0) is 15.4. The largest absolute Gasteiger partial charge is 0.505 e. The maximum Gasteiger partial charge on any atom is 0.340 e. The normalized spacial score (nSPS) is 10.1. The van der Waals surface area contributed by atoms with E-state index in [2.05, 4.69) is 4.98 Å². The highest BCUT2D eigenvalue weighted by molar-refractivity contribution is 6.05. The SMILES string of the molecule is CCOC(=O)c1cnc(-c2ccccc2)c(O)c1C(=O)O. The van der Waals surface area contributed by atoms with Crippen LogP contribution < -0.4 is 0 Å². The molecule has 1 aromatic carbocycles. The molecule has 1 aromatic heterocycles. The number of nitrogens with zero attached hydrogens (tertiary/aromatic N) is 1. The predicted molar refractivity (Wildman–Crippen MR) is 74.3 cm³/mol. The van der Waals surface area contributed by atoms with Crippen LogP contribution in [0.2, 0.25) is 0 Å². The summed E-state index contributed by atoms with van der Waals surface area (Å²) in [4.78, 5) is 27.1. The number of aromatic carboxylic acids is 1. The van der Waals surface area contributed by atoms with Crippen LogP contribution in [-0.4, -0.2) is 33.7 Å². The van der Waals surface area contributed by atoms with E-state index in [1.807, 2.05) is 0 Å². The van der Waals surface area contributed by atoms with E-state index in [-0.39, 0.29) is 17.9 Å². The third kappa shape index (κ3) is 2.84. The summed E-state index contributed by atoms with van der Waals surface area (Å²) in [7, 11) is 0. The Balaban J connectivity index is 2.61. The second-order valence-corrected chi connectivity index (χ2v) is 4.14. The van der Waals surface area contributed by atoms with Gasteiger partial charge in [0.05, 0.1) is 12.2 Å². The van der Waals surface area contributed by atoms with Gasteiger partial charge in [-0.3, -0.25) is 4.98 Å². The van der Waals surface area contributed by atoms with Gasteiger partial charge in [-0.05, 0) is 6.92 Å². The van der Waals surface area contributed by atoms with Gasteiger partial charge in [0.25, 0.3) is 0 Å². The zero-order valence-electron chi connectivity index (χ0n) is 11.2. The molecule has 2 N–H and O–H groups in total. The number of benzene rings is 1. The summed E-state index contributed by atoms with van der Waals surface area (Å²) in [5, 5.41) is 19.4. The first-order valence-electron chi connectivity index (χ1n) is 6.24. The Bertz CT molecular complexity index is 682. The van der Waals surface area contributed by atoms with Crippen LogP contribution in [0.1, 0.15) is 27.6 Å². The molecule has 6 nitrogen and oxygen atoms in total. The van der Waals surface area contributed by atoms with Gasteiger partial charge in [-0.2, -0.15) is 0 Å². The predicted octanol–water partition coefficient (Wildman–Crippen LogP) is 2.33. The fourth-order valence-electron chi connectivity index (χ4n) is 1.89. The average molecular weight is 287 g/mol. The minimum Gasteiger partial charge on any atom is -0.505 e. The van der Waals surface area contributed by atoms with Crippen molar-refractivity contribution in [2.24, 2.45) is 0 Å². The van der Waals surface area contributed by atoms with E-state index in [4.69, 9.17) is 4.74 Å². The van der Waals surface area contributed by atoms with E-state index in [1.54, 1.807) is 37.3 Å². The van der Waals surface area contributed by atoms with Gasteiger partial charge in [-0.25, -0.2) is 9.59 Å². The Morgan fingerprint density at radius 3 is 2.48 bits per heavy atom. The van der Waals surface area contributed by atoms with Gasteiger partial charge in [-0.15, -0.1) is 0 Å². The molecule has 0 unspecified atom stereocenters. The molecule has 0 amide bonds. The fourth-order valence-corrected chi connectivity index (χ4v) is 1.89. The van der Waals surface area contributed by atoms with Crippen molar-refractivity contribution in [1.29, 1.82) is 0 Å². The van der Waals surface area contributed by atoms with Crippen molar-refractivity contribution in [2.75, 3.05) is 6.61 Å². The van der Waals surface area contributed by atoms with Crippen molar-refractivity contribution in [2.45, 2.75) is 6.92 Å². The Morgan fingerprint density at radius 2 is 1.90 bits per heavy atom. The lowest BCUT2D eigenvalue weighted by Crippen LogP contribution is -2.13. The van der Waals surface area contributed by atoms with Gasteiger partial charge in [0.1, 0.15) is 11.3 Å². The number of hydrogen-bond acceptors (Lipinski definition) is 5. The Hall–Kier alpha value is -2.89. The van der Waals surface area contributed by atoms with E-state index in [0.29, 0.717) is 5.56 Å². The van der Waals surface area contributed by atoms with Gasteiger partial charge in [0.2, 0.25) is 0 Å². The van der Waals surface area contributed by atoms with Crippen molar-refractivity contribution < 1.29 is 24.5 Å². The minimum absolute atomic E-state index is 0.0963. The van der Waals surface area contributed by atoms with Gasteiger partial charge >= 0.3 is 11.9 Å². The molecule has 1 heterocycles. The van der Waals surface area contributed by atoms with Crippen molar-refractivity contribution in [3.05, 3.63) is 47.7 Å². The number of carbonyl (C=O) groups excluding carboxylic acids is 1. The summed E-state index contributed by atoms with van der Waals surface area (Å²) >= 11 is 0. The maximum absolute atomic E-state index is 11.7. The number of aromatic hydroxyl groups is 1. The van der Waals surface area contributed by atoms with E-state index < -0.39 is 23.3 Å². The average Bonchev–Trinajstić information content (AvgIpc) is 2.47. The molecular formula is C15H13NO5. The second-order valence-electron chi connectivity index (χ2n) is 4.14. The zero-order valence-corrected chi connectivity index (χ0v) is 11.2. The van der Waals surface area contributed by atoms with Gasteiger partial charge in [0, 0.05) is 11.8 Å². The molecule has 0 atom stereocenters. The van der Waals surface area contributed by atoms with Crippen LogP contribution in [0.4, 0.5) is 0 Å². The number of hydrogen-bond donors (Lipinski definition) is 2. The number of ether oxygens (including phenoxy) is 1. The summed E-state index contributed by atoms with van der Waals surface area (Å²) in [5.74, 6) is -2.81. The number of aromatic nitrogens is 1. The summed E-state index contributed by atoms with van der Waals surface area (Å²) in [6.07, 6.45) is 1.10. The molecule has 108 valence electrons. The number of rotatable bonds is 4. The van der Waals surface area contributed by atoms with Crippen LogP contribution >= 0.6 is 0 Å². The third-order valence-electron chi connectivity index (χ3n) is 2.81. The Kier molecular flexibility index (Phi) is 4.18. The molecule has 0 bridgehead atoms. The topological polar surface area (TPSA) is 96.7 Å². The highest BCUT2D eigenvalue weighted by Crippen LogP contribution is 2.32. The molecule has 6 heteroatoms. The number of carbonyl (C=O) groups is 2. The number of carboxylic acid groups (broad SMARTS) is 1. The molecule has 0 aliphatic carbocycles. The summed E-state index contributed by atoms with van der Waals surface area (Å²) in [5.41, 5.74) is -0.141. The molecule has 0 radical (unpaired) electrons. The van der Waals surface area contributed by atoms with Crippen LogP contribution in [0.5, 0.6) is 5.75 Å². The minimum atomic E-state index is -1.42. The van der Waals surface area contributed by atoms with E-state index >= 15 is 0 Å². The lowest BCUT2D eigenvalue weighted by Gasteiger charge is -2.10. The molecule has 21 heavy (non-hydrogen) atoms. The highest BCUT2D eigenvalue weighted by Gasteiger charge is 2.25. The second kappa shape index (κ2) is 6.04. The standard InChI is InChI=1S/C15H13NO5/c1-2-21-15(20)10-8-16-12(9-6-4-3-5-7-9)13(17)11(10)14(18)19/h3-8,17H,2H2,1H3,(H,18,19). The van der Waals surface area contributed by atoms with Crippen LogP contribution in [0.25, 0.3) is 11.3 Å². The molecular weight excluding hydrogens is 274 g/mol. The van der Waals surface area contributed by atoms with Crippen molar-refractivity contribution in [3.63, 3.8) is 0 Å². The van der Waals surface area contributed by atoms with Crippen LogP contribution in [0, 0.1) is 0 Å². The van der Waals surface area contributed by atoms with E-state index in [9.17, 15) is 19.8 Å². The molecule has 0 aliphatic rings. The van der Waals surface area contributed by atoms with E-state index in [0.717, 1.165) is 6.20 Å². The molecule has 0 spiro atoms. The first-order valence-corrected chi connectivity index (χ1v) is 6.24. The Labute approximate surface area is 120 Å². The molecule has 0 saturated heterocycles. The first-order chi connectivity index (χ1) is 10.1. The van der Waals surface area contributed by atoms with Crippen molar-refractivity contribution >= 4 is 11.9 Å². The number of carboxylic acids is 1. The molecule has 0 fully saturated rings. The molecule has 2 aromatic rings. The summed E-state index contributed by atoms with van der Waals surface area (Å²) < 4.78 is 4.77. The number of pyridine rings is 1. The van der Waals surface area contributed by atoms with Crippen LogP contribution in [-0.2, 0) is 4.74 Å². The van der Waals surface area contributed by atoms with Gasteiger partial charge in [-0.1, -0.05) is 30.3 Å². The van der Waals surface area contributed by atoms with Gasteiger partial charge in [0.15, 0.2) is 5.75 Å². The number of esters is 1. The lowest BCUT2D eigenvalue weighted by atomic mass is 10.0. The Morgan fingerprint density at radius 1 is 1.24 bits per heavy atom. The van der Waals surface area contributed by atoms with E-state index in [1.165, 1.54) is 0 Å². The molecule has 0 saturated carbocycles. The van der Waals surface area contributed by atoms with Crippen LogP contribution in [0.15, 0.2) is 36.5 Å². The quantitative estimate of drug-likeness (QED) is 0.838. The summed E-state index contributed by atoms with van der Waals surface area (Å²) in [6, 6.07) is 8.60. The van der Waals surface area contributed by atoms with Crippen LogP contribution in [0.3, 0.4) is 0 Å². The highest BCUT2D eigenvalue weighted by atomic mass is 16.5. The fraction of sp³-hybridized carbons (Fsp3) is 0.133. The first kappa shape index (κ1) is 14.5. The third-order valence-corrected chi connectivity index (χ3v) is 2.81. The van der Waals surface area contributed by atoms with Crippen molar-refractivity contribution in [3.8, 4) is 17.0 Å². The monoisotopic (exact) mass is 287 g/mol. The van der Waals surface area contributed by atoms with Gasteiger partial charge < -0.3 is 14.9 Å². The van der Waals surface area contributed by atoms with Crippen molar-refractivity contribution in [1.82, 2.24) is 4.98 Å². The maximum atomic E-state index is 11.7. The smallest absolute Gasteiger partial charge is 0.340 e. The molecule has 0 aliphatic heterocycles.